The molecule has 2 N–H and O–H groups in total. The molecule has 0 bridgehead atoms. The van der Waals surface area contributed by atoms with Crippen molar-refractivity contribution in [1.82, 2.24) is 10.3 Å². The van der Waals surface area contributed by atoms with E-state index in [0.717, 1.165) is 10.4 Å². The van der Waals surface area contributed by atoms with Crippen LogP contribution in [0.15, 0.2) is 34.8 Å². The molecule has 1 aliphatic rings. The van der Waals surface area contributed by atoms with E-state index < -0.39 is 10.0 Å². The number of pyridine rings is 1. The van der Waals surface area contributed by atoms with E-state index in [2.05, 4.69) is 15.0 Å². The summed E-state index contributed by atoms with van der Waals surface area (Å²) in [5, 5.41) is 5.16. The summed E-state index contributed by atoms with van der Waals surface area (Å²) in [7, 11) is -3.56. The largest absolute Gasteiger partial charge is 0.309 e. The van der Waals surface area contributed by atoms with Crippen molar-refractivity contribution in [3.8, 4) is 0 Å². The lowest BCUT2D eigenvalue weighted by molar-refractivity contribution is 0.599. The third-order valence-corrected chi connectivity index (χ3v) is 5.77. The molecule has 0 spiro atoms. The Morgan fingerprint density at radius 3 is 2.90 bits per heavy atom. The molecule has 112 valence electrons. The molecule has 21 heavy (non-hydrogen) atoms. The third kappa shape index (κ3) is 3.61. The first-order valence-electron chi connectivity index (χ1n) is 6.79. The van der Waals surface area contributed by atoms with E-state index in [1.807, 2.05) is 12.3 Å². The van der Waals surface area contributed by atoms with Crippen LogP contribution in [0.5, 0.6) is 0 Å². The predicted molar refractivity (Wildman–Crippen MR) is 84.0 cm³/mol. The van der Waals surface area contributed by atoms with Gasteiger partial charge in [0, 0.05) is 23.7 Å². The van der Waals surface area contributed by atoms with Gasteiger partial charge in [-0.1, -0.05) is 0 Å². The van der Waals surface area contributed by atoms with E-state index in [1.165, 1.54) is 30.4 Å². The zero-order valence-corrected chi connectivity index (χ0v) is 13.3. The molecule has 2 aromatic rings. The van der Waals surface area contributed by atoms with Gasteiger partial charge in [0.15, 0.2) is 0 Å². The summed E-state index contributed by atoms with van der Waals surface area (Å²) < 4.78 is 27.6. The molecule has 0 radical (unpaired) electrons. The Morgan fingerprint density at radius 2 is 2.19 bits per heavy atom. The van der Waals surface area contributed by atoms with Crippen molar-refractivity contribution in [3.63, 3.8) is 0 Å². The molecule has 2 aromatic heterocycles. The maximum absolute atomic E-state index is 12.5. The minimum absolute atomic E-state index is 0.349. The molecule has 0 aromatic carbocycles. The first-order valence-corrected chi connectivity index (χ1v) is 9.15. The number of aromatic nitrogens is 1. The summed E-state index contributed by atoms with van der Waals surface area (Å²) >= 11 is 1.46. The van der Waals surface area contributed by atoms with E-state index in [-0.39, 0.29) is 0 Å². The van der Waals surface area contributed by atoms with Gasteiger partial charge in [0.1, 0.15) is 4.90 Å². The van der Waals surface area contributed by atoms with Crippen LogP contribution in [0.4, 0.5) is 5.69 Å². The highest BCUT2D eigenvalue weighted by Crippen LogP contribution is 2.26. The second kappa shape index (κ2) is 5.75. The van der Waals surface area contributed by atoms with E-state index >= 15 is 0 Å². The molecule has 1 fully saturated rings. The van der Waals surface area contributed by atoms with Gasteiger partial charge in [0.2, 0.25) is 0 Å². The summed E-state index contributed by atoms with van der Waals surface area (Å²) in [5.41, 5.74) is 1.40. The molecule has 0 unspecified atom stereocenters. The number of hydrogen-bond donors (Lipinski definition) is 2. The maximum atomic E-state index is 12.5. The molecule has 3 rings (SSSR count). The van der Waals surface area contributed by atoms with E-state index in [0.29, 0.717) is 23.2 Å². The van der Waals surface area contributed by atoms with E-state index in [1.54, 1.807) is 18.3 Å². The van der Waals surface area contributed by atoms with E-state index in [4.69, 9.17) is 0 Å². The van der Waals surface area contributed by atoms with Crippen molar-refractivity contribution in [2.24, 2.45) is 0 Å². The zero-order chi connectivity index (χ0) is 14.9. The van der Waals surface area contributed by atoms with Crippen molar-refractivity contribution in [2.45, 2.75) is 37.2 Å². The van der Waals surface area contributed by atoms with Gasteiger partial charge in [-0.2, -0.15) is 0 Å². The second-order valence-electron chi connectivity index (χ2n) is 5.22. The van der Waals surface area contributed by atoms with E-state index in [9.17, 15) is 8.42 Å². The average molecular weight is 323 g/mol. The lowest BCUT2D eigenvalue weighted by atomic mass is 10.3. The minimum atomic E-state index is -3.56. The summed E-state index contributed by atoms with van der Waals surface area (Å²) in [6, 6.07) is 3.97. The van der Waals surface area contributed by atoms with Crippen LogP contribution in [0.1, 0.15) is 23.3 Å². The predicted octanol–water partition coefficient (Wildman–Crippen LogP) is 2.50. The first kappa shape index (κ1) is 14.5. The Labute approximate surface area is 128 Å². The van der Waals surface area contributed by atoms with Gasteiger partial charge in [0.25, 0.3) is 10.0 Å². The third-order valence-electron chi connectivity index (χ3n) is 3.25. The minimum Gasteiger partial charge on any atom is -0.309 e. The van der Waals surface area contributed by atoms with Gasteiger partial charge in [0.05, 0.1) is 11.9 Å². The molecular weight excluding hydrogens is 306 g/mol. The Hall–Kier alpha value is -1.44. The number of anilines is 1. The summed E-state index contributed by atoms with van der Waals surface area (Å²) in [5.74, 6) is 0. The summed E-state index contributed by atoms with van der Waals surface area (Å²) in [4.78, 5) is 5.20. The number of hydrogen-bond acceptors (Lipinski definition) is 5. The van der Waals surface area contributed by atoms with Crippen molar-refractivity contribution in [3.05, 3.63) is 40.3 Å². The molecule has 1 saturated carbocycles. The fourth-order valence-corrected chi connectivity index (χ4v) is 4.47. The van der Waals surface area contributed by atoms with Gasteiger partial charge < -0.3 is 5.32 Å². The van der Waals surface area contributed by atoms with Gasteiger partial charge in [-0.15, -0.1) is 11.3 Å². The Kier molecular flexibility index (Phi) is 3.97. The molecule has 2 heterocycles. The lowest BCUT2D eigenvalue weighted by Crippen LogP contribution is -2.18. The monoisotopic (exact) mass is 323 g/mol. The van der Waals surface area contributed by atoms with Crippen LogP contribution in [0.3, 0.4) is 0 Å². The average Bonchev–Trinajstić information content (AvgIpc) is 3.12. The maximum Gasteiger partial charge on any atom is 0.263 e. The SMILES string of the molecule is Cc1cncc(NS(=O)(=O)c2ccsc2CNC2CC2)c1. The summed E-state index contributed by atoms with van der Waals surface area (Å²) in [6.45, 7) is 2.48. The highest BCUT2D eigenvalue weighted by molar-refractivity contribution is 7.93. The molecule has 5 nitrogen and oxygen atoms in total. The molecule has 0 amide bonds. The zero-order valence-electron chi connectivity index (χ0n) is 11.7. The first-order chi connectivity index (χ1) is 10.0. The number of rotatable bonds is 6. The molecule has 0 aliphatic heterocycles. The fraction of sp³-hybridized carbons (Fsp3) is 0.357. The second-order valence-corrected chi connectivity index (χ2v) is 7.87. The van der Waals surface area contributed by atoms with Crippen molar-refractivity contribution < 1.29 is 8.42 Å². The van der Waals surface area contributed by atoms with Gasteiger partial charge in [-0.05, 0) is 42.8 Å². The number of aryl methyl sites for hydroxylation is 1. The van der Waals surface area contributed by atoms with Crippen LogP contribution in [0.2, 0.25) is 0 Å². The quantitative estimate of drug-likeness (QED) is 0.857. The highest BCUT2D eigenvalue weighted by Gasteiger charge is 2.24. The Bertz CT molecular complexity index is 736. The van der Waals surface area contributed by atoms with Crippen LogP contribution in [0, 0.1) is 6.92 Å². The lowest BCUT2D eigenvalue weighted by Gasteiger charge is -2.09. The Morgan fingerprint density at radius 1 is 1.38 bits per heavy atom. The molecular formula is C14H17N3O2S2. The molecule has 1 aliphatic carbocycles. The number of sulfonamides is 1. The van der Waals surface area contributed by atoms with Gasteiger partial charge in [-0.3, -0.25) is 9.71 Å². The molecule has 7 heteroatoms. The molecule has 0 saturated heterocycles. The highest BCUT2D eigenvalue weighted by atomic mass is 32.2. The van der Waals surface area contributed by atoms with Crippen molar-refractivity contribution in [2.75, 3.05) is 4.72 Å². The van der Waals surface area contributed by atoms with Crippen LogP contribution in [-0.4, -0.2) is 19.4 Å². The van der Waals surface area contributed by atoms with Crippen LogP contribution >= 0.6 is 11.3 Å². The van der Waals surface area contributed by atoms with Crippen LogP contribution < -0.4 is 10.0 Å². The van der Waals surface area contributed by atoms with Crippen molar-refractivity contribution >= 4 is 27.0 Å². The smallest absolute Gasteiger partial charge is 0.263 e. The number of nitrogens with one attached hydrogen (secondary N) is 2. The molecule has 0 atom stereocenters. The van der Waals surface area contributed by atoms with Gasteiger partial charge in [-0.25, -0.2) is 8.42 Å². The van der Waals surface area contributed by atoms with Gasteiger partial charge >= 0.3 is 0 Å². The van der Waals surface area contributed by atoms with Crippen LogP contribution in [-0.2, 0) is 16.6 Å². The van der Waals surface area contributed by atoms with Crippen LogP contribution in [0.25, 0.3) is 0 Å². The summed E-state index contributed by atoms with van der Waals surface area (Å²) in [6.07, 6.45) is 5.56. The topological polar surface area (TPSA) is 71.1 Å². The fourth-order valence-electron chi connectivity index (χ4n) is 2.04. The number of nitrogens with zero attached hydrogens (tertiary/aromatic N) is 1. The Balaban J connectivity index is 1.79. The normalized spacial score (nSPS) is 15.1. The number of thiophene rings is 1. The van der Waals surface area contributed by atoms with Crippen molar-refractivity contribution in [1.29, 1.82) is 0 Å². The standard InChI is InChI=1S/C14H17N3O2S2/c1-10-6-12(8-15-7-10)17-21(18,19)14-4-5-20-13(14)9-16-11-2-3-11/h4-8,11,16-17H,2-3,9H2,1H3.